The van der Waals surface area contributed by atoms with Gasteiger partial charge in [-0.2, -0.15) is 0 Å². The first kappa shape index (κ1) is 6.71. The highest BCUT2D eigenvalue weighted by molar-refractivity contribution is 14.1. The molecule has 0 heterocycles. The van der Waals surface area contributed by atoms with Crippen molar-refractivity contribution < 1.29 is 9.76 Å². The van der Waals surface area contributed by atoms with Crippen LogP contribution in [-0.4, -0.2) is 23.7 Å². The largest absolute Gasteiger partial charge is 0.427 e. The summed E-state index contributed by atoms with van der Waals surface area (Å²) in [7, 11) is 0. The topological polar surface area (TPSA) is 29.5 Å². The van der Waals surface area contributed by atoms with E-state index in [0.29, 0.717) is 6.61 Å². The van der Waals surface area contributed by atoms with Crippen LogP contribution in [0.25, 0.3) is 0 Å². The highest BCUT2D eigenvalue weighted by Crippen LogP contribution is 1.75. The third-order valence-corrected chi connectivity index (χ3v) is 0.632. The minimum Gasteiger partial charge on any atom is -0.427 e. The molecule has 35 valence electrons. The van der Waals surface area contributed by atoms with Gasteiger partial charge < -0.3 is 9.76 Å². The molecular formula is C2H5BIO2. The average molecular weight is 199 g/mol. The Kier molecular flexibility index (Phi) is 6.40. The smallest absolute Gasteiger partial charge is 0.375 e. The maximum atomic E-state index is 8.05. The molecule has 0 bridgehead atoms. The monoisotopic (exact) mass is 199 g/mol. The molecule has 0 fully saturated rings. The number of hydrogen-bond acceptors (Lipinski definition) is 2. The Labute approximate surface area is 51.0 Å². The first-order valence-corrected chi connectivity index (χ1v) is 2.80. The summed E-state index contributed by atoms with van der Waals surface area (Å²) in [4.78, 5) is 0. The lowest BCUT2D eigenvalue weighted by Gasteiger charge is -1.88. The maximum Gasteiger partial charge on any atom is 0.375 e. The van der Waals surface area contributed by atoms with Gasteiger partial charge in [-0.1, -0.05) is 0 Å². The summed E-state index contributed by atoms with van der Waals surface area (Å²) in [6.07, 6.45) is 0. The molecule has 0 aromatic carbocycles. The molecule has 0 saturated carbocycles. The third kappa shape index (κ3) is 4.71. The molecule has 6 heavy (non-hydrogen) atoms. The fourth-order valence-corrected chi connectivity index (χ4v) is 0.352. The number of aliphatic hydroxyl groups is 1. The Bertz CT molecular complexity index is 23.5. The Morgan fingerprint density at radius 2 is 2.50 bits per heavy atom. The van der Waals surface area contributed by atoms with E-state index in [1.165, 1.54) is 5.34 Å². The van der Waals surface area contributed by atoms with Crippen molar-refractivity contribution >= 4 is 27.7 Å². The molecule has 0 aliphatic heterocycles. The van der Waals surface area contributed by atoms with Crippen LogP contribution in [0, 0.1) is 0 Å². The zero-order valence-electron chi connectivity index (χ0n) is 3.22. The van der Waals surface area contributed by atoms with Crippen molar-refractivity contribution in [3.8, 4) is 0 Å². The molecule has 0 unspecified atom stereocenters. The highest BCUT2D eigenvalue weighted by atomic mass is 127. The van der Waals surface area contributed by atoms with Crippen LogP contribution in [0.4, 0.5) is 0 Å². The van der Waals surface area contributed by atoms with E-state index in [4.69, 9.17) is 5.11 Å². The van der Waals surface area contributed by atoms with E-state index in [1.807, 2.05) is 22.4 Å². The summed E-state index contributed by atoms with van der Waals surface area (Å²) >= 11 is 1.95. The second-order valence-corrected chi connectivity index (χ2v) is 1.19. The Balaban J connectivity index is 2.34. The molecule has 0 aliphatic carbocycles. The summed E-state index contributed by atoms with van der Waals surface area (Å²) in [6.45, 7) is 0.502. The van der Waals surface area contributed by atoms with Gasteiger partial charge in [0.15, 0.2) is 0 Å². The van der Waals surface area contributed by atoms with E-state index >= 15 is 0 Å². The van der Waals surface area contributed by atoms with Gasteiger partial charge in [0.25, 0.3) is 0 Å². The van der Waals surface area contributed by atoms with Gasteiger partial charge in [-0.25, -0.2) is 0 Å². The van der Waals surface area contributed by atoms with Gasteiger partial charge in [0.2, 0.25) is 0 Å². The summed E-state index contributed by atoms with van der Waals surface area (Å²) in [5.41, 5.74) is 0. The van der Waals surface area contributed by atoms with E-state index in [2.05, 4.69) is 4.65 Å². The van der Waals surface area contributed by atoms with Crippen LogP contribution < -0.4 is 0 Å². The molecule has 0 spiro atoms. The number of hydrogen-bond donors (Lipinski definition) is 1. The zero-order chi connectivity index (χ0) is 4.83. The van der Waals surface area contributed by atoms with Gasteiger partial charge in [0, 0.05) is 0 Å². The van der Waals surface area contributed by atoms with E-state index in [-0.39, 0.29) is 6.61 Å². The van der Waals surface area contributed by atoms with Crippen LogP contribution in [0.1, 0.15) is 0 Å². The van der Waals surface area contributed by atoms with E-state index in [1.54, 1.807) is 0 Å². The van der Waals surface area contributed by atoms with Crippen molar-refractivity contribution in [1.82, 2.24) is 0 Å². The summed E-state index contributed by atoms with van der Waals surface area (Å²) in [6, 6.07) is 0. The van der Waals surface area contributed by atoms with Crippen LogP contribution in [0.3, 0.4) is 0 Å². The quantitative estimate of drug-likeness (QED) is 0.392. The van der Waals surface area contributed by atoms with Crippen molar-refractivity contribution in [2.24, 2.45) is 0 Å². The van der Waals surface area contributed by atoms with Crippen molar-refractivity contribution in [3.05, 3.63) is 0 Å². The molecule has 0 rings (SSSR count). The molecule has 1 radical (unpaired) electrons. The Hall–Kier alpha value is 0.715. The molecule has 0 amide bonds. The van der Waals surface area contributed by atoms with Crippen molar-refractivity contribution in [1.29, 1.82) is 0 Å². The third-order valence-electron chi connectivity index (χ3n) is 0.272. The predicted octanol–water partition coefficient (Wildman–Crippen LogP) is -0.0355. The van der Waals surface area contributed by atoms with Gasteiger partial charge in [0.1, 0.15) is 0 Å². The summed E-state index contributed by atoms with van der Waals surface area (Å²) in [5, 5.41) is 9.57. The summed E-state index contributed by atoms with van der Waals surface area (Å²) < 4.78 is 4.59. The van der Waals surface area contributed by atoms with E-state index in [9.17, 15) is 0 Å². The van der Waals surface area contributed by atoms with Crippen molar-refractivity contribution in [3.63, 3.8) is 0 Å². The van der Waals surface area contributed by atoms with Crippen LogP contribution >= 0.6 is 22.4 Å². The normalized spacial score (nSPS) is 8.33. The molecule has 0 atom stereocenters. The molecule has 0 aliphatic rings. The van der Waals surface area contributed by atoms with Gasteiger partial charge in [-0.05, 0) is 0 Å². The van der Waals surface area contributed by atoms with Gasteiger partial charge in [-0.15, -0.1) is 22.4 Å². The van der Waals surface area contributed by atoms with Crippen LogP contribution in [0.5, 0.6) is 0 Å². The fraction of sp³-hybridized carbons (Fsp3) is 1.00. The highest BCUT2D eigenvalue weighted by Gasteiger charge is 1.78. The Morgan fingerprint density at radius 3 is 2.67 bits per heavy atom. The maximum absolute atomic E-state index is 8.05. The number of rotatable bonds is 3. The van der Waals surface area contributed by atoms with Crippen LogP contribution in [0.15, 0.2) is 0 Å². The van der Waals surface area contributed by atoms with E-state index < -0.39 is 0 Å². The zero-order valence-corrected chi connectivity index (χ0v) is 5.38. The lowest BCUT2D eigenvalue weighted by molar-refractivity contribution is 0.211. The molecular weight excluding hydrogens is 194 g/mol. The first-order valence-electron chi connectivity index (χ1n) is 1.56. The second kappa shape index (κ2) is 5.71. The SMILES string of the molecule is OCCO[B]I. The van der Waals surface area contributed by atoms with Crippen molar-refractivity contribution in [2.45, 2.75) is 0 Å². The minimum atomic E-state index is 0.0967. The van der Waals surface area contributed by atoms with Gasteiger partial charge in [0.05, 0.1) is 13.2 Å². The van der Waals surface area contributed by atoms with E-state index in [0.717, 1.165) is 0 Å². The van der Waals surface area contributed by atoms with Gasteiger partial charge in [-0.3, -0.25) is 0 Å². The lowest BCUT2D eigenvalue weighted by Crippen LogP contribution is -1.97. The average Bonchev–Trinajstić information content (AvgIpc) is 1.61. The fourth-order valence-electron chi connectivity index (χ4n) is 0.0972. The van der Waals surface area contributed by atoms with Crippen LogP contribution in [-0.2, 0) is 4.65 Å². The molecule has 0 saturated heterocycles. The minimum absolute atomic E-state index is 0.0967. The van der Waals surface area contributed by atoms with Gasteiger partial charge >= 0.3 is 5.34 Å². The Morgan fingerprint density at radius 1 is 1.83 bits per heavy atom. The summed E-state index contributed by atoms with van der Waals surface area (Å²) in [5.74, 6) is 0. The predicted molar refractivity (Wildman–Crippen MR) is 32.8 cm³/mol. The second-order valence-electron chi connectivity index (χ2n) is 0.683. The number of halogens is 1. The first-order chi connectivity index (χ1) is 2.91. The standard InChI is InChI=1S/C2H5BIO2/c4-3-6-2-1-5/h5H,1-2H2. The molecule has 0 aromatic rings. The lowest BCUT2D eigenvalue weighted by atomic mass is 10.6. The molecule has 1 N–H and O–H groups in total. The molecule has 4 heteroatoms. The molecule has 2 nitrogen and oxygen atoms in total. The molecule has 0 aromatic heterocycles. The number of aliphatic hydroxyl groups excluding tert-OH is 1. The van der Waals surface area contributed by atoms with Crippen molar-refractivity contribution in [2.75, 3.05) is 13.2 Å². The van der Waals surface area contributed by atoms with Crippen LogP contribution in [0.2, 0.25) is 0 Å².